The minimum atomic E-state index is -3.22. The molecule has 0 saturated heterocycles. The summed E-state index contributed by atoms with van der Waals surface area (Å²) in [7, 11) is 0. The quantitative estimate of drug-likeness (QED) is 0.239. The zero-order chi connectivity index (χ0) is 15.8. The second-order valence-corrected chi connectivity index (χ2v) is 3.14. The maximum absolute atomic E-state index is 10.4. The number of hydrogen-bond donors (Lipinski definition) is 7. The van der Waals surface area contributed by atoms with Crippen molar-refractivity contribution in [3.05, 3.63) is 0 Å². The number of hydrogen-bond acceptors (Lipinski definition) is 7. The fourth-order valence-electron chi connectivity index (χ4n) is 0.724. The van der Waals surface area contributed by atoms with Gasteiger partial charge in [-0.05, 0) is 0 Å². The topological polar surface area (TPSA) is 216 Å². The third-order valence-corrected chi connectivity index (χ3v) is 1.65. The zero-order valence-corrected chi connectivity index (χ0v) is 10.9. The van der Waals surface area contributed by atoms with Crippen molar-refractivity contribution in [3.63, 3.8) is 0 Å². The summed E-state index contributed by atoms with van der Waals surface area (Å²) in [6, 6.07) is 0. The van der Waals surface area contributed by atoms with Gasteiger partial charge in [0.05, 0.1) is 13.0 Å². The third kappa shape index (κ3) is 8.39. The van der Waals surface area contributed by atoms with Gasteiger partial charge in [0.25, 0.3) is 0 Å². The van der Waals surface area contributed by atoms with Crippen LogP contribution in [-0.2, 0) is 36.2 Å². The number of aliphatic hydroxyl groups excluding tert-OH is 1. The van der Waals surface area contributed by atoms with Crippen molar-refractivity contribution in [1.82, 2.24) is 0 Å². The molecule has 0 aromatic rings. The van der Waals surface area contributed by atoms with Crippen molar-refractivity contribution in [3.8, 4) is 0 Å². The van der Waals surface area contributed by atoms with E-state index in [9.17, 15) is 19.2 Å². The fourth-order valence-corrected chi connectivity index (χ4v) is 0.724. The molecule has 0 amide bonds. The zero-order valence-electron chi connectivity index (χ0n) is 9.76. The van der Waals surface area contributed by atoms with Gasteiger partial charge in [0.2, 0.25) is 5.60 Å². The Bertz CT molecular complexity index is 372. The summed E-state index contributed by atoms with van der Waals surface area (Å²) in [6.07, 6.45) is -4.11. The van der Waals surface area contributed by atoms with E-state index in [2.05, 4.69) is 5.73 Å². The van der Waals surface area contributed by atoms with Crippen molar-refractivity contribution in [2.45, 2.75) is 18.1 Å². The number of aliphatic carboxylic acids is 4. The van der Waals surface area contributed by atoms with Gasteiger partial charge in [0, 0.05) is 17.1 Å². The molecule has 0 aliphatic heterocycles. The first-order valence-corrected chi connectivity index (χ1v) is 4.49. The second kappa shape index (κ2) is 10.1. The average molecular weight is 338 g/mol. The molecule has 11 nitrogen and oxygen atoms in total. The van der Waals surface area contributed by atoms with Crippen LogP contribution >= 0.6 is 0 Å². The molecular weight excluding hydrogens is 325 g/mol. The van der Waals surface area contributed by atoms with Crippen LogP contribution in [0.2, 0.25) is 0 Å². The first kappa shape index (κ1) is 23.4. The van der Waals surface area contributed by atoms with Crippen molar-refractivity contribution >= 4 is 23.9 Å². The first-order valence-electron chi connectivity index (χ1n) is 4.49. The Morgan fingerprint density at radius 1 is 1.00 bits per heavy atom. The van der Waals surface area contributed by atoms with Crippen molar-refractivity contribution in [1.29, 1.82) is 0 Å². The van der Waals surface area contributed by atoms with Crippen LogP contribution < -0.4 is 5.73 Å². The molecule has 0 bridgehead atoms. The molecule has 2 unspecified atom stereocenters. The van der Waals surface area contributed by atoms with E-state index < -0.39 is 42.0 Å². The molecule has 117 valence electrons. The molecule has 0 fully saturated rings. The van der Waals surface area contributed by atoms with E-state index in [1.54, 1.807) is 0 Å². The average Bonchev–Trinajstić information content (AvgIpc) is 2.27. The van der Waals surface area contributed by atoms with Crippen LogP contribution in [0.5, 0.6) is 0 Å². The van der Waals surface area contributed by atoms with Crippen LogP contribution in [-0.4, -0.2) is 72.8 Å². The Morgan fingerprint density at radius 2 is 1.35 bits per heavy atom. The van der Waals surface area contributed by atoms with Gasteiger partial charge in [0.15, 0.2) is 6.10 Å². The summed E-state index contributed by atoms with van der Waals surface area (Å²) in [5, 5.41) is 50.2. The van der Waals surface area contributed by atoms with Crippen LogP contribution in [0, 0.1) is 0 Å². The molecule has 0 aromatic heterocycles. The second-order valence-electron chi connectivity index (χ2n) is 3.14. The Labute approximate surface area is 122 Å². The maximum atomic E-state index is 10.4. The maximum Gasteiger partial charge on any atom is 0.339 e. The molecule has 0 aromatic carbocycles. The van der Waals surface area contributed by atoms with Gasteiger partial charge in [-0.15, -0.1) is 0 Å². The molecule has 0 aliphatic carbocycles. The van der Waals surface area contributed by atoms with E-state index in [-0.39, 0.29) is 23.6 Å². The summed E-state index contributed by atoms with van der Waals surface area (Å²) >= 11 is 0. The number of nitrogens with two attached hydrogens (primary N) is 1. The van der Waals surface area contributed by atoms with E-state index in [4.69, 9.17) is 30.6 Å². The molecular formula is C8H13MnNO10. The summed E-state index contributed by atoms with van der Waals surface area (Å²) in [4.78, 5) is 39.9. The monoisotopic (exact) mass is 338 g/mol. The fraction of sp³-hybridized carbons (Fsp3) is 0.500. The van der Waals surface area contributed by atoms with Crippen molar-refractivity contribution in [2.75, 3.05) is 6.54 Å². The number of carboxylic acids is 4. The molecule has 20 heavy (non-hydrogen) atoms. The smallest absolute Gasteiger partial charge is 0.339 e. The first-order chi connectivity index (χ1) is 8.48. The predicted molar refractivity (Wildman–Crippen MR) is 55.2 cm³/mol. The number of aliphatic hydroxyl groups is 2. The molecule has 12 heteroatoms. The molecule has 0 heterocycles. The van der Waals surface area contributed by atoms with E-state index in [1.165, 1.54) is 0 Å². The van der Waals surface area contributed by atoms with Crippen molar-refractivity contribution in [2.24, 2.45) is 5.73 Å². The molecule has 1 radical (unpaired) electrons. The SMILES string of the molecule is NCC(=O)O.O=C(O)CC(O)(C(=O)O)C(O)C(=O)O.[Mn]. The Kier molecular flexibility index (Phi) is 11.8. The Morgan fingerprint density at radius 3 is 1.50 bits per heavy atom. The van der Waals surface area contributed by atoms with Gasteiger partial charge >= 0.3 is 23.9 Å². The van der Waals surface area contributed by atoms with Gasteiger partial charge in [-0.3, -0.25) is 9.59 Å². The minimum Gasteiger partial charge on any atom is -0.481 e. The Balaban J connectivity index is -0.000000414. The summed E-state index contributed by atoms with van der Waals surface area (Å²) in [5.74, 6) is -6.84. The van der Waals surface area contributed by atoms with E-state index >= 15 is 0 Å². The molecule has 0 spiro atoms. The van der Waals surface area contributed by atoms with Crippen LogP contribution in [0.1, 0.15) is 6.42 Å². The van der Waals surface area contributed by atoms with Gasteiger partial charge in [-0.25, -0.2) is 9.59 Å². The number of carbonyl (C=O) groups is 4. The van der Waals surface area contributed by atoms with Gasteiger partial charge < -0.3 is 36.4 Å². The third-order valence-electron chi connectivity index (χ3n) is 1.65. The standard InChI is InChI=1S/C6H8O8.C2H5NO2.Mn/c7-2(8)1-6(14,5(12)13)3(9)4(10)11;3-1-2(4)5;/h3,9,14H,1H2,(H,7,8)(H,10,11)(H,12,13);1,3H2,(H,4,5);. The molecule has 0 saturated carbocycles. The molecule has 8 N–H and O–H groups in total. The molecule has 0 rings (SSSR count). The number of rotatable bonds is 6. The van der Waals surface area contributed by atoms with E-state index in [0.29, 0.717) is 0 Å². The molecule has 0 aliphatic rings. The number of carboxylic acid groups (broad SMARTS) is 4. The van der Waals surface area contributed by atoms with Crippen LogP contribution in [0.25, 0.3) is 0 Å². The largest absolute Gasteiger partial charge is 0.481 e. The normalized spacial score (nSPS) is 13.6. The van der Waals surface area contributed by atoms with Crippen molar-refractivity contribution < 1.29 is 66.9 Å². The van der Waals surface area contributed by atoms with E-state index in [1.807, 2.05) is 0 Å². The molecule has 2 atom stereocenters. The van der Waals surface area contributed by atoms with Gasteiger partial charge in [-0.1, -0.05) is 0 Å². The van der Waals surface area contributed by atoms with Gasteiger partial charge in [-0.2, -0.15) is 0 Å². The predicted octanol–water partition coefficient (Wildman–Crippen LogP) is -3.25. The van der Waals surface area contributed by atoms with Crippen LogP contribution in [0.4, 0.5) is 0 Å². The van der Waals surface area contributed by atoms with Crippen LogP contribution in [0.3, 0.4) is 0 Å². The Hall–Kier alpha value is -1.72. The summed E-state index contributed by atoms with van der Waals surface area (Å²) < 4.78 is 0. The minimum absolute atomic E-state index is 0. The summed E-state index contributed by atoms with van der Waals surface area (Å²) in [6.45, 7) is -0.278. The van der Waals surface area contributed by atoms with Gasteiger partial charge in [0.1, 0.15) is 0 Å². The van der Waals surface area contributed by atoms with E-state index in [0.717, 1.165) is 0 Å². The van der Waals surface area contributed by atoms with Crippen LogP contribution in [0.15, 0.2) is 0 Å². The summed E-state index contributed by atoms with van der Waals surface area (Å²) in [5.41, 5.74) is 1.35.